The van der Waals surface area contributed by atoms with Crippen molar-refractivity contribution in [1.29, 1.82) is 0 Å². The van der Waals surface area contributed by atoms with E-state index in [-0.39, 0.29) is 29.3 Å². The first kappa shape index (κ1) is 39.8. The minimum atomic E-state index is -0.182. The Kier molecular flexibility index (Phi) is 17.4. The number of unbranched alkanes of at least 4 members (excludes halogenated alkanes) is 1. The van der Waals surface area contributed by atoms with E-state index >= 15 is 0 Å². The summed E-state index contributed by atoms with van der Waals surface area (Å²) in [5.74, 6) is 1.80. The molecule has 0 aromatic heterocycles. The first-order chi connectivity index (χ1) is 21.9. The zero-order chi connectivity index (χ0) is 34.3. The molecule has 3 rings (SSSR count). The number of allylic oxidation sites excluding steroid dienone is 2. The van der Waals surface area contributed by atoms with Crippen LogP contribution in [0.5, 0.6) is 11.5 Å². The average molecular weight is 643 g/mol. The van der Waals surface area contributed by atoms with Crippen LogP contribution in [0.15, 0.2) is 23.8 Å². The third kappa shape index (κ3) is 12.7. The lowest BCUT2D eigenvalue weighted by molar-refractivity contribution is -0.135. The molecule has 1 unspecified atom stereocenters. The molecular weight excluding hydrogens is 576 g/mol. The Morgan fingerprint density at radius 2 is 1.70 bits per heavy atom. The van der Waals surface area contributed by atoms with Crippen molar-refractivity contribution in [3.63, 3.8) is 0 Å². The summed E-state index contributed by atoms with van der Waals surface area (Å²) in [4.78, 5) is 30.3. The van der Waals surface area contributed by atoms with E-state index in [1.54, 1.807) is 0 Å². The first-order valence-electron chi connectivity index (χ1n) is 18.2. The number of carbonyl (C=O) groups is 2. The maximum atomic E-state index is 13.3. The Hall–Kier alpha value is -2.38. The summed E-state index contributed by atoms with van der Waals surface area (Å²) in [6.45, 7) is 25.9. The number of carbonyl (C=O) groups excluding carboxylic acids is 2. The number of rotatable bonds is 16. The van der Waals surface area contributed by atoms with E-state index in [1.165, 1.54) is 5.57 Å². The van der Waals surface area contributed by atoms with Gasteiger partial charge in [0.05, 0.1) is 19.3 Å². The summed E-state index contributed by atoms with van der Waals surface area (Å²) in [5.41, 5.74) is 3.34. The maximum Gasteiger partial charge on any atom is 0.311 e. The number of morpholine rings is 1. The lowest BCUT2D eigenvalue weighted by Crippen LogP contribution is -2.40. The van der Waals surface area contributed by atoms with Crippen molar-refractivity contribution in [2.24, 2.45) is 0 Å². The number of amides is 1. The highest BCUT2D eigenvalue weighted by Crippen LogP contribution is 2.46. The Morgan fingerprint density at radius 3 is 2.30 bits per heavy atom. The maximum absolute atomic E-state index is 13.3. The molecule has 1 aromatic rings. The van der Waals surface area contributed by atoms with Crippen LogP contribution >= 0.6 is 0 Å². The number of hydrogen-bond donors (Lipinski definition) is 0. The van der Waals surface area contributed by atoms with Crippen LogP contribution in [0.25, 0.3) is 0 Å². The molecule has 7 nitrogen and oxygen atoms in total. The largest absolute Gasteiger partial charge is 0.491 e. The molecular formula is C39H66N2O5. The summed E-state index contributed by atoms with van der Waals surface area (Å²) < 4.78 is 18.2. The van der Waals surface area contributed by atoms with Crippen molar-refractivity contribution in [3.8, 4) is 11.5 Å². The van der Waals surface area contributed by atoms with Crippen LogP contribution in [0, 0.1) is 0 Å². The Morgan fingerprint density at radius 1 is 1.02 bits per heavy atom. The van der Waals surface area contributed by atoms with Gasteiger partial charge in [0.15, 0.2) is 0 Å². The van der Waals surface area contributed by atoms with E-state index in [2.05, 4.69) is 78.5 Å². The summed E-state index contributed by atoms with van der Waals surface area (Å²) in [7, 11) is 0. The molecule has 0 N–H and O–H groups in total. The van der Waals surface area contributed by atoms with E-state index in [9.17, 15) is 9.59 Å². The van der Waals surface area contributed by atoms with Gasteiger partial charge in [0.1, 0.15) is 11.5 Å². The van der Waals surface area contributed by atoms with E-state index in [4.69, 9.17) is 14.2 Å². The lowest BCUT2D eigenvalue weighted by Gasteiger charge is -2.31. The van der Waals surface area contributed by atoms with Gasteiger partial charge in [-0.15, -0.1) is 0 Å². The molecule has 1 amide bonds. The van der Waals surface area contributed by atoms with Crippen LogP contribution in [0.4, 0.5) is 0 Å². The molecule has 1 atom stereocenters. The van der Waals surface area contributed by atoms with Gasteiger partial charge >= 0.3 is 5.97 Å². The van der Waals surface area contributed by atoms with Crippen molar-refractivity contribution >= 4 is 11.9 Å². The molecule has 0 bridgehead atoms. The molecule has 262 valence electrons. The minimum absolute atomic E-state index is 0.00171. The fourth-order valence-electron chi connectivity index (χ4n) is 6.52. The molecule has 2 aliphatic rings. The second-order valence-corrected chi connectivity index (χ2v) is 14.0. The highest BCUT2D eigenvalue weighted by atomic mass is 16.5. The summed E-state index contributed by atoms with van der Waals surface area (Å²) in [6, 6.07) is 4.76. The molecule has 1 aromatic carbocycles. The van der Waals surface area contributed by atoms with Gasteiger partial charge in [-0.05, 0) is 115 Å². The van der Waals surface area contributed by atoms with Gasteiger partial charge in [-0.2, -0.15) is 0 Å². The van der Waals surface area contributed by atoms with Gasteiger partial charge < -0.3 is 24.0 Å². The second kappa shape index (κ2) is 20.1. The fourth-order valence-corrected chi connectivity index (χ4v) is 6.52. The molecule has 1 fully saturated rings. The highest BCUT2D eigenvalue weighted by Gasteiger charge is 2.30. The van der Waals surface area contributed by atoms with Crippen molar-refractivity contribution in [2.45, 2.75) is 151 Å². The molecule has 1 aliphatic carbocycles. The first-order valence-corrected chi connectivity index (χ1v) is 18.2. The van der Waals surface area contributed by atoms with Crippen molar-refractivity contribution in [3.05, 3.63) is 34.9 Å². The molecule has 0 radical (unpaired) electrons. The predicted molar refractivity (Wildman–Crippen MR) is 190 cm³/mol. The van der Waals surface area contributed by atoms with Gasteiger partial charge in [0, 0.05) is 37.5 Å². The Bertz CT molecular complexity index is 1100. The average Bonchev–Trinajstić information content (AvgIpc) is 3.02. The third-order valence-electron chi connectivity index (χ3n) is 9.23. The topological polar surface area (TPSA) is 68.3 Å². The molecule has 7 heteroatoms. The summed E-state index contributed by atoms with van der Waals surface area (Å²) >= 11 is 0. The smallest absolute Gasteiger partial charge is 0.311 e. The SMILES string of the molecule is CC.CCN(CCCC(=O)Oc1cc(C(C)(C)CCCCC(=O)N2CCOCC2)cc(OC(C)C)c1C1CCC=C(C)C1)C(C)C. The van der Waals surface area contributed by atoms with Crippen molar-refractivity contribution < 1.29 is 23.8 Å². The number of hydrogen-bond acceptors (Lipinski definition) is 6. The Balaban J connectivity index is 0.00000361. The van der Waals surface area contributed by atoms with Crippen LogP contribution in [0.1, 0.15) is 144 Å². The molecule has 0 saturated carbocycles. The molecule has 0 spiro atoms. The van der Waals surface area contributed by atoms with Crippen LogP contribution in [-0.4, -0.2) is 73.2 Å². The van der Waals surface area contributed by atoms with Crippen molar-refractivity contribution in [1.82, 2.24) is 9.80 Å². The normalized spacial score (nSPS) is 17.1. The van der Waals surface area contributed by atoms with E-state index in [1.807, 2.05) is 18.7 Å². The lowest BCUT2D eigenvalue weighted by atomic mass is 9.77. The monoisotopic (exact) mass is 642 g/mol. The minimum Gasteiger partial charge on any atom is -0.491 e. The van der Waals surface area contributed by atoms with Crippen LogP contribution in [0.3, 0.4) is 0 Å². The standard InChI is InChI=1S/C37H60N2O5.C2H6/c1-9-38(27(2)3)19-13-17-35(41)44-33-26-31(25-32(43-28(4)5)36(33)30-15-12-14-29(6)24-30)37(7,8)18-11-10-16-34(40)39-20-22-42-23-21-39;1-2/h14,25-28,30H,9-13,15-24H2,1-8H3;1-2H3. The number of nitrogens with zero attached hydrogens (tertiary/aromatic N) is 2. The third-order valence-corrected chi connectivity index (χ3v) is 9.23. The zero-order valence-electron chi connectivity index (χ0n) is 31.0. The van der Waals surface area contributed by atoms with Crippen molar-refractivity contribution in [2.75, 3.05) is 39.4 Å². The summed E-state index contributed by atoms with van der Waals surface area (Å²) in [6.07, 6.45) is 9.74. The van der Waals surface area contributed by atoms with Crippen LogP contribution < -0.4 is 9.47 Å². The highest BCUT2D eigenvalue weighted by molar-refractivity contribution is 5.76. The fraction of sp³-hybridized carbons (Fsp3) is 0.744. The molecule has 1 aliphatic heterocycles. The van der Waals surface area contributed by atoms with E-state index in [0.29, 0.717) is 50.9 Å². The quantitative estimate of drug-likeness (QED) is 0.0777. The predicted octanol–water partition coefficient (Wildman–Crippen LogP) is 8.83. The van der Waals surface area contributed by atoms with Gasteiger partial charge in [-0.25, -0.2) is 0 Å². The number of benzene rings is 1. The second-order valence-electron chi connectivity index (χ2n) is 14.0. The Labute approximate surface area is 281 Å². The van der Waals surface area contributed by atoms with E-state index < -0.39 is 0 Å². The van der Waals surface area contributed by atoms with Gasteiger partial charge in [0.25, 0.3) is 0 Å². The van der Waals surface area contributed by atoms with Gasteiger partial charge in [-0.1, -0.05) is 52.7 Å². The van der Waals surface area contributed by atoms with Gasteiger partial charge in [-0.3, -0.25) is 9.59 Å². The molecule has 46 heavy (non-hydrogen) atoms. The zero-order valence-corrected chi connectivity index (χ0v) is 31.0. The number of esters is 1. The molecule has 1 heterocycles. The van der Waals surface area contributed by atoms with Crippen LogP contribution in [-0.2, 0) is 19.7 Å². The van der Waals surface area contributed by atoms with Gasteiger partial charge in [0.2, 0.25) is 5.91 Å². The summed E-state index contributed by atoms with van der Waals surface area (Å²) in [5, 5.41) is 0. The number of ether oxygens (including phenoxy) is 3. The van der Waals surface area contributed by atoms with E-state index in [0.717, 1.165) is 74.9 Å². The van der Waals surface area contributed by atoms with Crippen LogP contribution in [0.2, 0.25) is 0 Å². The molecule has 1 saturated heterocycles.